The van der Waals surface area contributed by atoms with Gasteiger partial charge in [-0.2, -0.15) is 0 Å². The van der Waals surface area contributed by atoms with Crippen LogP contribution in [0.5, 0.6) is 5.75 Å². The summed E-state index contributed by atoms with van der Waals surface area (Å²) in [5.74, 6) is 0.151. The molecule has 0 saturated carbocycles. The fourth-order valence-electron chi connectivity index (χ4n) is 1.70. The van der Waals surface area contributed by atoms with Gasteiger partial charge >= 0.3 is 0 Å². The van der Waals surface area contributed by atoms with Crippen LogP contribution in [0.1, 0.15) is 20.8 Å². The van der Waals surface area contributed by atoms with Crippen LogP contribution in [0, 0.1) is 5.92 Å². The van der Waals surface area contributed by atoms with Crippen molar-refractivity contribution >= 4 is 27.7 Å². The Hall–Kier alpha value is -1.60. The number of ether oxygens (including phenoxy) is 1. The molecule has 1 unspecified atom stereocenters. The van der Waals surface area contributed by atoms with Crippen LogP contribution in [0.4, 0.5) is 0 Å². The van der Waals surface area contributed by atoms with Crippen LogP contribution in [0.15, 0.2) is 28.7 Å². The third kappa shape index (κ3) is 7.47. The second kappa shape index (κ2) is 9.52. The molecule has 2 amide bonds. The summed E-state index contributed by atoms with van der Waals surface area (Å²) in [7, 11) is 0. The Bertz CT molecular complexity index is 520. The number of carbonyl (C=O) groups excluding carboxylic acids is 2. The van der Waals surface area contributed by atoms with E-state index in [4.69, 9.17) is 10.5 Å². The van der Waals surface area contributed by atoms with Gasteiger partial charge in [-0.15, -0.1) is 0 Å². The molecule has 0 fully saturated rings. The Morgan fingerprint density at radius 2 is 1.78 bits per heavy atom. The van der Waals surface area contributed by atoms with Crippen LogP contribution in [0.25, 0.3) is 0 Å². The van der Waals surface area contributed by atoms with E-state index in [0.29, 0.717) is 6.54 Å². The highest BCUT2D eigenvalue weighted by Crippen LogP contribution is 2.17. The lowest BCUT2D eigenvalue weighted by atomic mass is 10.1. The van der Waals surface area contributed by atoms with Crippen LogP contribution in [0.2, 0.25) is 0 Å². The molecular formula is C16H24BrN3O3. The van der Waals surface area contributed by atoms with Crippen LogP contribution >= 0.6 is 15.9 Å². The molecule has 23 heavy (non-hydrogen) atoms. The molecule has 0 radical (unpaired) electrons. The molecule has 4 N–H and O–H groups in total. The van der Waals surface area contributed by atoms with E-state index in [2.05, 4.69) is 26.6 Å². The predicted molar refractivity (Wildman–Crippen MR) is 93.1 cm³/mol. The molecule has 0 spiro atoms. The molecule has 1 rings (SSSR count). The van der Waals surface area contributed by atoms with Crippen molar-refractivity contribution in [1.29, 1.82) is 0 Å². The van der Waals surface area contributed by atoms with Gasteiger partial charge in [-0.1, -0.05) is 29.8 Å². The van der Waals surface area contributed by atoms with Crippen LogP contribution in [-0.2, 0) is 9.59 Å². The number of halogens is 1. The Kier molecular flexibility index (Phi) is 8.05. The van der Waals surface area contributed by atoms with Gasteiger partial charge in [-0.05, 0) is 37.1 Å². The highest BCUT2D eigenvalue weighted by molar-refractivity contribution is 9.10. The average Bonchev–Trinajstić information content (AvgIpc) is 2.51. The van der Waals surface area contributed by atoms with Crippen molar-refractivity contribution in [3.63, 3.8) is 0 Å². The zero-order chi connectivity index (χ0) is 17.4. The summed E-state index contributed by atoms with van der Waals surface area (Å²) >= 11 is 3.35. The Balaban J connectivity index is 2.27. The van der Waals surface area contributed by atoms with Gasteiger partial charge in [0.25, 0.3) is 0 Å². The highest BCUT2D eigenvalue weighted by Gasteiger charge is 2.17. The molecular weight excluding hydrogens is 362 g/mol. The van der Waals surface area contributed by atoms with E-state index < -0.39 is 6.04 Å². The number of nitrogens with one attached hydrogen (secondary N) is 2. The van der Waals surface area contributed by atoms with Gasteiger partial charge < -0.3 is 21.1 Å². The summed E-state index contributed by atoms with van der Waals surface area (Å²) in [5.41, 5.74) is 5.70. The van der Waals surface area contributed by atoms with E-state index in [-0.39, 0.29) is 30.4 Å². The maximum Gasteiger partial charge on any atom is 0.239 e. The van der Waals surface area contributed by atoms with E-state index in [9.17, 15) is 9.59 Å². The first-order valence-corrected chi connectivity index (χ1v) is 8.31. The SMILES string of the molecule is CC(CNC(=O)CNC(=O)[C@@H](N)C(C)C)Oc1ccc(Br)cc1. The number of hydrogen-bond donors (Lipinski definition) is 3. The average molecular weight is 386 g/mol. The van der Waals surface area contributed by atoms with Crippen molar-refractivity contribution < 1.29 is 14.3 Å². The van der Waals surface area contributed by atoms with Gasteiger partial charge in [0.2, 0.25) is 11.8 Å². The summed E-state index contributed by atoms with van der Waals surface area (Å²) in [6.07, 6.45) is -0.186. The van der Waals surface area contributed by atoms with Gasteiger partial charge in [-0.25, -0.2) is 0 Å². The predicted octanol–water partition coefficient (Wildman–Crippen LogP) is 1.43. The maximum absolute atomic E-state index is 11.7. The van der Waals surface area contributed by atoms with E-state index in [0.717, 1.165) is 10.2 Å². The fraction of sp³-hybridized carbons (Fsp3) is 0.500. The number of rotatable bonds is 8. The third-order valence-corrected chi connectivity index (χ3v) is 3.71. The Morgan fingerprint density at radius 3 is 2.35 bits per heavy atom. The lowest BCUT2D eigenvalue weighted by Crippen LogP contribution is -2.47. The minimum absolute atomic E-state index is 0.0254. The molecule has 128 valence electrons. The highest BCUT2D eigenvalue weighted by atomic mass is 79.9. The van der Waals surface area contributed by atoms with Crippen molar-refractivity contribution in [2.24, 2.45) is 11.7 Å². The molecule has 7 heteroatoms. The topological polar surface area (TPSA) is 93.5 Å². The molecule has 0 aliphatic carbocycles. The minimum atomic E-state index is -0.609. The van der Waals surface area contributed by atoms with Crippen LogP contribution in [-0.4, -0.2) is 37.0 Å². The maximum atomic E-state index is 11.7. The Labute approximate surface area is 145 Å². The number of hydrogen-bond acceptors (Lipinski definition) is 4. The summed E-state index contributed by atoms with van der Waals surface area (Å²) in [5, 5.41) is 5.23. The van der Waals surface area contributed by atoms with Crippen LogP contribution < -0.4 is 21.1 Å². The van der Waals surface area contributed by atoms with Gasteiger partial charge in [0.15, 0.2) is 0 Å². The summed E-state index contributed by atoms with van der Waals surface area (Å²) in [6.45, 7) is 5.82. The molecule has 0 aliphatic heterocycles. The smallest absolute Gasteiger partial charge is 0.239 e. The minimum Gasteiger partial charge on any atom is -0.489 e. The van der Waals surface area contributed by atoms with E-state index >= 15 is 0 Å². The first kappa shape index (κ1) is 19.4. The van der Waals surface area contributed by atoms with Gasteiger partial charge in [0, 0.05) is 4.47 Å². The van der Waals surface area contributed by atoms with Gasteiger partial charge in [-0.3, -0.25) is 9.59 Å². The first-order chi connectivity index (χ1) is 10.8. The normalized spacial score (nSPS) is 13.3. The van der Waals surface area contributed by atoms with Crippen LogP contribution in [0.3, 0.4) is 0 Å². The van der Waals surface area contributed by atoms with Gasteiger partial charge in [0.05, 0.1) is 19.1 Å². The first-order valence-electron chi connectivity index (χ1n) is 7.51. The molecule has 0 aliphatic rings. The Morgan fingerprint density at radius 1 is 1.17 bits per heavy atom. The second-order valence-electron chi connectivity index (χ2n) is 5.67. The summed E-state index contributed by atoms with van der Waals surface area (Å²) in [6, 6.07) is 6.84. The van der Waals surface area contributed by atoms with Crippen molar-refractivity contribution in [2.75, 3.05) is 13.1 Å². The van der Waals surface area contributed by atoms with E-state index in [1.54, 1.807) is 0 Å². The molecule has 0 bridgehead atoms. The molecule has 1 aromatic rings. The quantitative estimate of drug-likeness (QED) is 0.630. The van der Waals surface area contributed by atoms with E-state index in [1.807, 2.05) is 45.0 Å². The second-order valence-corrected chi connectivity index (χ2v) is 6.59. The largest absolute Gasteiger partial charge is 0.489 e. The fourth-order valence-corrected chi connectivity index (χ4v) is 1.96. The van der Waals surface area contributed by atoms with E-state index in [1.165, 1.54) is 0 Å². The zero-order valence-electron chi connectivity index (χ0n) is 13.6. The molecule has 1 aromatic carbocycles. The van der Waals surface area contributed by atoms with Gasteiger partial charge in [0.1, 0.15) is 11.9 Å². The lowest BCUT2D eigenvalue weighted by molar-refractivity contribution is -0.127. The third-order valence-electron chi connectivity index (χ3n) is 3.18. The summed E-state index contributed by atoms with van der Waals surface area (Å²) < 4.78 is 6.65. The molecule has 0 saturated heterocycles. The molecule has 0 heterocycles. The van der Waals surface area contributed by atoms with Crippen molar-refractivity contribution in [3.05, 3.63) is 28.7 Å². The standard InChI is InChI=1S/C16H24BrN3O3/c1-10(2)15(18)16(22)20-9-14(21)19-8-11(3)23-13-6-4-12(17)5-7-13/h4-7,10-11,15H,8-9,18H2,1-3H3,(H,19,21)(H,20,22)/t11?,15-/m0/s1. The number of amides is 2. The molecule has 0 aromatic heterocycles. The lowest BCUT2D eigenvalue weighted by Gasteiger charge is -2.17. The zero-order valence-corrected chi connectivity index (χ0v) is 15.2. The summed E-state index contributed by atoms with van der Waals surface area (Å²) in [4.78, 5) is 23.4. The molecule has 6 nitrogen and oxygen atoms in total. The monoisotopic (exact) mass is 385 g/mol. The number of benzene rings is 1. The number of carbonyl (C=O) groups is 2. The molecule has 2 atom stereocenters. The number of nitrogens with two attached hydrogens (primary N) is 1. The van der Waals surface area contributed by atoms with Crippen molar-refractivity contribution in [1.82, 2.24) is 10.6 Å². The van der Waals surface area contributed by atoms with Crippen molar-refractivity contribution in [3.8, 4) is 5.75 Å². The van der Waals surface area contributed by atoms with Crippen molar-refractivity contribution in [2.45, 2.75) is 32.9 Å².